The number of likely N-dealkylation sites (tertiary alicyclic amines) is 1. The molecule has 21 heavy (non-hydrogen) atoms. The molecule has 1 aliphatic rings. The van der Waals surface area contributed by atoms with Crippen LogP contribution in [0.3, 0.4) is 0 Å². The summed E-state index contributed by atoms with van der Waals surface area (Å²) in [6.45, 7) is 1.45. The van der Waals surface area contributed by atoms with Gasteiger partial charge in [-0.2, -0.15) is 5.10 Å². The summed E-state index contributed by atoms with van der Waals surface area (Å²) in [6, 6.07) is 3.61. The van der Waals surface area contributed by atoms with Crippen molar-refractivity contribution < 1.29 is 9.59 Å². The number of nitrogens with zero attached hydrogens (tertiary/aromatic N) is 3. The van der Waals surface area contributed by atoms with Crippen LogP contribution in [0.1, 0.15) is 32.9 Å². The number of nitrogens with two attached hydrogens (primary N) is 1. The number of carbonyl (C=O) groups is 2. The fraction of sp³-hybridized carbons (Fsp3) is 0.357. The van der Waals surface area contributed by atoms with Crippen molar-refractivity contribution in [3.63, 3.8) is 0 Å². The quantitative estimate of drug-likeness (QED) is 0.925. The second-order valence-corrected chi connectivity index (χ2v) is 6.00. The van der Waals surface area contributed by atoms with Crippen molar-refractivity contribution in [3.8, 4) is 0 Å². The normalized spacial score (nSPS) is 18.1. The highest BCUT2D eigenvalue weighted by atomic mass is 32.1. The third-order valence-electron chi connectivity index (χ3n) is 3.69. The van der Waals surface area contributed by atoms with Crippen LogP contribution < -0.4 is 5.73 Å². The molecule has 0 aromatic carbocycles. The molecule has 3 heterocycles. The van der Waals surface area contributed by atoms with Crippen LogP contribution in [0.15, 0.2) is 29.9 Å². The van der Waals surface area contributed by atoms with Gasteiger partial charge in [-0.15, -0.1) is 11.3 Å². The van der Waals surface area contributed by atoms with Gasteiger partial charge in [0.05, 0.1) is 23.0 Å². The van der Waals surface area contributed by atoms with Gasteiger partial charge in [-0.3, -0.25) is 14.3 Å². The Balaban J connectivity index is 1.74. The summed E-state index contributed by atoms with van der Waals surface area (Å²) in [4.78, 5) is 26.1. The zero-order valence-electron chi connectivity index (χ0n) is 11.4. The van der Waals surface area contributed by atoms with E-state index in [4.69, 9.17) is 5.73 Å². The summed E-state index contributed by atoms with van der Waals surface area (Å²) in [5.74, 6) is -0.526. The zero-order chi connectivity index (χ0) is 14.8. The van der Waals surface area contributed by atoms with Crippen molar-refractivity contribution in [3.05, 3.63) is 40.3 Å². The minimum absolute atomic E-state index is 0.0258. The van der Waals surface area contributed by atoms with Gasteiger partial charge in [0.25, 0.3) is 5.91 Å². The van der Waals surface area contributed by atoms with Crippen LogP contribution in [0.5, 0.6) is 0 Å². The van der Waals surface area contributed by atoms with Gasteiger partial charge in [0.15, 0.2) is 0 Å². The molecule has 6 nitrogen and oxygen atoms in total. The van der Waals surface area contributed by atoms with E-state index in [0.29, 0.717) is 17.0 Å². The van der Waals surface area contributed by atoms with Gasteiger partial charge in [0.1, 0.15) is 0 Å². The van der Waals surface area contributed by atoms with Crippen LogP contribution in [-0.2, 0) is 6.54 Å². The summed E-state index contributed by atoms with van der Waals surface area (Å²) in [5, 5.41) is 5.83. The van der Waals surface area contributed by atoms with E-state index >= 15 is 0 Å². The molecule has 1 saturated heterocycles. The molecule has 110 valence electrons. The first kappa shape index (κ1) is 13.8. The predicted octanol–water partition coefficient (Wildman–Crippen LogP) is 1.35. The standard InChI is InChI=1S/C14H16N4O2S/c15-13(19)10-7-12(21-9-10)14(20)18-6-1-3-11(18)8-17-5-2-4-16-17/h2,4-5,7,9,11H,1,3,6,8H2,(H2,15,19). The van der Waals surface area contributed by atoms with E-state index in [2.05, 4.69) is 5.10 Å². The third kappa shape index (κ3) is 2.82. The monoisotopic (exact) mass is 304 g/mol. The van der Waals surface area contributed by atoms with Crippen molar-refractivity contribution in [2.24, 2.45) is 5.73 Å². The van der Waals surface area contributed by atoms with Crippen LogP contribution in [0.25, 0.3) is 0 Å². The maximum Gasteiger partial charge on any atom is 0.264 e. The maximum absolute atomic E-state index is 12.6. The lowest BCUT2D eigenvalue weighted by Gasteiger charge is -2.24. The first-order valence-electron chi connectivity index (χ1n) is 6.82. The molecule has 1 fully saturated rings. The largest absolute Gasteiger partial charge is 0.366 e. The van der Waals surface area contributed by atoms with Gasteiger partial charge >= 0.3 is 0 Å². The van der Waals surface area contributed by atoms with E-state index in [-0.39, 0.29) is 11.9 Å². The lowest BCUT2D eigenvalue weighted by atomic mass is 10.2. The van der Waals surface area contributed by atoms with E-state index in [9.17, 15) is 9.59 Å². The molecule has 0 radical (unpaired) electrons. The molecule has 3 rings (SSSR count). The minimum atomic E-state index is -0.500. The molecule has 2 aromatic heterocycles. The molecule has 0 bridgehead atoms. The zero-order valence-corrected chi connectivity index (χ0v) is 12.3. The van der Waals surface area contributed by atoms with E-state index < -0.39 is 5.91 Å². The Morgan fingerprint density at radius 1 is 1.48 bits per heavy atom. The molecule has 2 aromatic rings. The molecular weight excluding hydrogens is 288 g/mol. The topological polar surface area (TPSA) is 81.2 Å². The summed E-state index contributed by atoms with van der Waals surface area (Å²) >= 11 is 1.27. The fourth-order valence-electron chi connectivity index (χ4n) is 2.64. The first-order valence-corrected chi connectivity index (χ1v) is 7.70. The minimum Gasteiger partial charge on any atom is -0.366 e. The van der Waals surface area contributed by atoms with Gasteiger partial charge in [0, 0.05) is 24.3 Å². The third-order valence-corrected chi connectivity index (χ3v) is 4.61. The summed E-state index contributed by atoms with van der Waals surface area (Å²) in [7, 11) is 0. The summed E-state index contributed by atoms with van der Waals surface area (Å²) in [6.07, 6.45) is 5.60. The molecule has 2 N–H and O–H groups in total. The van der Waals surface area contributed by atoms with Crippen molar-refractivity contribution in [2.45, 2.75) is 25.4 Å². The lowest BCUT2D eigenvalue weighted by Crippen LogP contribution is -2.37. The van der Waals surface area contributed by atoms with E-state index in [1.54, 1.807) is 17.6 Å². The van der Waals surface area contributed by atoms with Crippen LogP contribution in [-0.4, -0.2) is 39.1 Å². The maximum atomic E-state index is 12.6. The van der Waals surface area contributed by atoms with Crippen molar-refractivity contribution in [1.82, 2.24) is 14.7 Å². The highest BCUT2D eigenvalue weighted by molar-refractivity contribution is 7.12. The number of rotatable bonds is 4. The molecule has 0 saturated carbocycles. The Hall–Kier alpha value is -2.15. The van der Waals surface area contributed by atoms with Crippen LogP contribution >= 0.6 is 11.3 Å². The Morgan fingerprint density at radius 3 is 3.00 bits per heavy atom. The molecule has 1 atom stereocenters. The average Bonchev–Trinajstić information content (AvgIpc) is 3.20. The second kappa shape index (κ2) is 5.69. The van der Waals surface area contributed by atoms with E-state index in [1.807, 2.05) is 21.8 Å². The van der Waals surface area contributed by atoms with Gasteiger partial charge in [0.2, 0.25) is 5.91 Å². The Kier molecular flexibility index (Phi) is 3.74. The fourth-order valence-corrected chi connectivity index (χ4v) is 3.49. The van der Waals surface area contributed by atoms with Crippen LogP contribution in [0.2, 0.25) is 0 Å². The first-order chi connectivity index (χ1) is 10.1. The van der Waals surface area contributed by atoms with Crippen molar-refractivity contribution >= 4 is 23.2 Å². The SMILES string of the molecule is NC(=O)c1csc(C(=O)N2CCCC2Cn2cccn2)c1. The molecule has 2 amide bonds. The van der Waals surface area contributed by atoms with Crippen molar-refractivity contribution in [1.29, 1.82) is 0 Å². The molecule has 1 aliphatic heterocycles. The Labute approximate surface area is 126 Å². The van der Waals surface area contributed by atoms with E-state index in [0.717, 1.165) is 19.4 Å². The highest BCUT2D eigenvalue weighted by Gasteiger charge is 2.30. The highest BCUT2D eigenvalue weighted by Crippen LogP contribution is 2.24. The molecule has 1 unspecified atom stereocenters. The van der Waals surface area contributed by atoms with Gasteiger partial charge in [-0.25, -0.2) is 0 Å². The number of carbonyl (C=O) groups excluding carboxylic acids is 2. The number of hydrogen-bond acceptors (Lipinski definition) is 4. The molecule has 7 heteroatoms. The summed E-state index contributed by atoms with van der Waals surface area (Å²) < 4.78 is 1.85. The van der Waals surface area contributed by atoms with Crippen LogP contribution in [0, 0.1) is 0 Å². The smallest absolute Gasteiger partial charge is 0.264 e. The summed E-state index contributed by atoms with van der Waals surface area (Å²) in [5.41, 5.74) is 5.62. The molecule has 0 spiro atoms. The number of aromatic nitrogens is 2. The number of hydrogen-bond donors (Lipinski definition) is 1. The van der Waals surface area contributed by atoms with Gasteiger partial charge in [-0.1, -0.05) is 0 Å². The van der Waals surface area contributed by atoms with Gasteiger partial charge in [-0.05, 0) is 25.0 Å². The Morgan fingerprint density at radius 2 is 2.33 bits per heavy atom. The number of thiophene rings is 1. The van der Waals surface area contributed by atoms with Gasteiger partial charge < -0.3 is 10.6 Å². The molecular formula is C14H16N4O2S. The number of primary amides is 1. The second-order valence-electron chi connectivity index (χ2n) is 5.09. The van der Waals surface area contributed by atoms with Crippen LogP contribution in [0.4, 0.5) is 0 Å². The molecule has 0 aliphatic carbocycles. The average molecular weight is 304 g/mol. The number of amides is 2. The lowest BCUT2D eigenvalue weighted by molar-refractivity contribution is 0.0726. The predicted molar refractivity (Wildman–Crippen MR) is 79.1 cm³/mol. The van der Waals surface area contributed by atoms with E-state index in [1.165, 1.54) is 11.3 Å². The Bertz CT molecular complexity index is 650. The van der Waals surface area contributed by atoms with Crippen molar-refractivity contribution in [2.75, 3.05) is 6.54 Å².